The fourth-order valence-electron chi connectivity index (χ4n) is 2.49. The minimum absolute atomic E-state index is 0.00345. The van der Waals surface area contributed by atoms with Gasteiger partial charge in [-0.2, -0.15) is 5.26 Å². The Bertz CT molecular complexity index is 745. The van der Waals surface area contributed by atoms with Gasteiger partial charge in [0.1, 0.15) is 17.5 Å². The lowest BCUT2D eigenvalue weighted by Crippen LogP contribution is -2.30. The fraction of sp³-hybridized carbons (Fsp3) is 0.353. The monoisotopic (exact) mass is 364 g/mol. The molecule has 1 amide bonds. The molecule has 2 N–H and O–H groups in total. The van der Waals surface area contributed by atoms with Crippen LogP contribution in [-0.2, 0) is 4.79 Å². The summed E-state index contributed by atoms with van der Waals surface area (Å²) < 4.78 is 0. The van der Waals surface area contributed by atoms with Crippen molar-refractivity contribution in [1.29, 1.82) is 5.26 Å². The van der Waals surface area contributed by atoms with E-state index >= 15 is 0 Å². The molecule has 0 fully saturated rings. The molecule has 2 rings (SSSR count). The quantitative estimate of drug-likeness (QED) is 0.755. The molecule has 7 heteroatoms. The van der Waals surface area contributed by atoms with Crippen molar-refractivity contribution in [2.75, 3.05) is 6.54 Å². The normalized spacial score (nSPS) is 12.0. The van der Waals surface area contributed by atoms with Gasteiger partial charge < -0.3 is 10.3 Å². The first-order valence-electron chi connectivity index (χ1n) is 7.58. The standard InChI is InChI=1S/C17H18Cl2N4O/c1-10(2)8-13(17(24)21-7-6-20)11-4-3-5-12(9-11)16-22-14(18)15(19)23-16/h3-5,9-10,13H,7-8H2,1-2H3,(H,21,24)(H,22,23). The second-order valence-corrected chi connectivity index (χ2v) is 6.61. The van der Waals surface area contributed by atoms with Crippen LogP contribution in [0.5, 0.6) is 0 Å². The Kier molecular flexibility index (Phi) is 6.24. The maximum Gasteiger partial charge on any atom is 0.228 e. The molecule has 0 radical (unpaired) electrons. The van der Waals surface area contributed by atoms with Crippen molar-refractivity contribution in [3.8, 4) is 17.5 Å². The maximum atomic E-state index is 12.4. The zero-order valence-electron chi connectivity index (χ0n) is 13.4. The molecule has 2 aromatic rings. The van der Waals surface area contributed by atoms with Crippen molar-refractivity contribution in [1.82, 2.24) is 15.3 Å². The summed E-state index contributed by atoms with van der Waals surface area (Å²) in [6.45, 7) is 4.11. The summed E-state index contributed by atoms with van der Waals surface area (Å²) in [7, 11) is 0. The van der Waals surface area contributed by atoms with Crippen LogP contribution in [0.2, 0.25) is 10.3 Å². The Morgan fingerprint density at radius 3 is 2.75 bits per heavy atom. The van der Waals surface area contributed by atoms with Gasteiger partial charge in [-0.3, -0.25) is 4.79 Å². The molecule has 0 aliphatic carbocycles. The smallest absolute Gasteiger partial charge is 0.228 e. The number of carbonyl (C=O) groups is 1. The van der Waals surface area contributed by atoms with E-state index < -0.39 is 0 Å². The molecule has 0 aliphatic heterocycles. The highest BCUT2D eigenvalue weighted by Gasteiger charge is 2.22. The Morgan fingerprint density at radius 2 is 2.17 bits per heavy atom. The van der Waals surface area contributed by atoms with E-state index in [2.05, 4.69) is 29.1 Å². The van der Waals surface area contributed by atoms with Crippen molar-refractivity contribution in [3.63, 3.8) is 0 Å². The average molecular weight is 365 g/mol. The molecule has 5 nitrogen and oxygen atoms in total. The summed E-state index contributed by atoms with van der Waals surface area (Å²) in [4.78, 5) is 19.5. The van der Waals surface area contributed by atoms with Crippen molar-refractivity contribution < 1.29 is 4.79 Å². The maximum absolute atomic E-state index is 12.4. The molecule has 24 heavy (non-hydrogen) atoms. The minimum Gasteiger partial charge on any atom is -0.342 e. The number of H-pyrrole nitrogens is 1. The summed E-state index contributed by atoms with van der Waals surface area (Å²) >= 11 is 11.8. The predicted molar refractivity (Wildman–Crippen MR) is 94.9 cm³/mol. The predicted octanol–water partition coefficient (Wildman–Crippen LogP) is 4.15. The van der Waals surface area contributed by atoms with E-state index in [4.69, 9.17) is 28.5 Å². The number of nitrogens with one attached hydrogen (secondary N) is 2. The van der Waals surface area contributed by atoms with Crippen molar-refractivity contribution in [2.24, 2.45) is 5.92 Å². The lowest BCUT2D eigenvalue weighted by atomic mass is 9.88. The zero-order chi connectivity index (χ0) is 17.7. The first kappa shape index (κ1) is 18.3. The average Bonchev–Trinajstić information content (AvgIpc) is 2.89. The largest absolute Gasteiger partial charge is 0.342 e. The highest BCUT2D eigenvalue weighted by molar-refractivity contribution is 6.40. The van der Waals surface area contributed by atoms with Crippen molar-refractivity contribution in [3.05, 3.63) is 40.1 Å². The molecule has 0 aliphatic rings. The number of halogens is 2. The molecule has 1 aromatic heterocycles. The van der Waals surface area contributed by atoms with Crippen LogP contribution < -0.4 is 5.32 Å². The molecule has 1 unspecified atom stereocenters. The van der Waals surface area contributed by atoms with Gasteiger partial charge in [0.25, 0.3) is 0 Å². The Labute approximate surface area is 151 Å². The van der Waals surface area contributed by atoms with Crippen molar-refractivity contribution in [2.45, 2.75) is 26.2 Å². The van der Waals surface area contributed by atoms with Gasteiger partial charge in [0.05, 0.1) is 12.0 Å². The minimum atomic E-state index is -0.334. The van der Waals surface area contributed by atoms with Crippen LogP contribution in [0.25, 0.3) is 11.4 Å². The third kappa shape index (κ3) is 4.50. The van der Waals surface area contributed by atoms with Gasteiger partial charge in [0.2, 0.25) is 5.91 Å². The summed E-state index contributed by atoms with van der Waals surface area (Å²) in [5.41, 5.74) is 1.66. The Balaban J connectivity index is 2.34. The lowest BCUT2D eigenvalue weighted by Gasteiger charge is -2.19. The van der Waals surface area contributed by atoms with E-state index in [1.54, 1.807) is 0 Å². The van der Waals surface area contributed by atoms with E-state index in [-0.39, 0.29) is 28.7 Å². The zero-order valence-corrected chi connectivity index (χ0v) is 14.9. The summed E-state index contributed by atoms with van der Waals surface area (Å²) in [6, 6.07) is 9.45. The molecule has 1 heterocycles. The molecule has 126 valence electrons. The number of hydrogen-bond donors (Lipinski definition) is 2. The molecule has 0 saturated carbocycles. The van der Waals surface area contributed by atoms with Crippen LogP contribution in [-0.4, -0.2) is 22.4 Å². The number of hydrogen-bond acceptors (Lipinski definition) is 3. The molecule has 1 aromatic carbocycles. The molecule has 0 spiro atoms. The number of aromatic nitrogens is 2. The summed E-state index contributed by atoms with van der Waals surface area (Å²) in [5, 5.41) is 11.8. The van der Waals surface area contributed by atoms with Gasteiger partial charge >= 0.3 is 0 Å². The second kappa shape index (κ2) is 8.18. The number of amides is 1. The third-order valence-corrected chi connectivity index (χ3v) is 4.19. The van der Waals surface area contributed by atoms with Gasteiger partial charge in [-0.15, -0.1) is 0 Å². The van der Waals surface area contributed by atoms with Crippen LogP contribution in [0.1, 0.15) is 31.7 Å². The fourth-order valence-corrected chi connectivity index (χ4v) is 2.75. The second-order valence-electron chi connectivity index (χ2n) is 5.87. The van der Waals surface area contributed by atoms with Crippen LogP contribution in [0.4, 0.5) is 0 Å². The first-order valence-corrected chi connectivity index (χ1v) is 8.34. The molecular weight excluding hydrogens is 347 g/mol. The number of nitrogens with zero attached hydrogens (tertiary/aromatic N) is 2. The third-order valence-electron chi connectivity index (χ3n) is 3.55. The first-order chi connectivity index (χ1) is 11.4. The van der Waals surface area contributed by atoms with E-state index in [1.165, 1.54) is 0 Å². The number of nitriles is 1. The Morgan fingerprint density at radius 1 is 1.42 bits per heavy atom. The van der Waals surface area contributed by atoms with Gasteiger partial charge in [-0.25, -0.2) is 4.98 Å². The van der Waals surface area contributed by atoms with E-state index in [1.807, 2.05) is 30.3 Å². The summed E-state index contributed by atoms with van der Waals surface area (Å²) in [6.07, 6.45) is 0.681. The van der Waals surface area contributed by atoms with Crippen LogP contribution in [0.3, 0.4) is 0 Å². The number of imidazole rings is 1. The van der Waals surface area contributed by atoms with E-state index in [0.29, 0.717) is 18.2 Å². The highest BCUT2D eigenvalue weighted by atomic mass is 35.5. The van der Waals surface area contributed by atoms with Crippen LogP contribution >= 0.6 is 23.2 Å². The molecule has 0 bridgehead atoms. The number of rotatable bonds is 6. The van der Waals surface area contributed by atoms with Gasteiger partial charge in [0, 0.05) is 5.56 Å². The highest BCUT2D eigenvalue weighted by Crippen LogP contribution is 2.29. The lowest BCUT2D eigenvalue weighted by molar-refractivity contribution is -0.122. The topological polar surface area (TPSA) is 81.6 Å². The van der Waals surface area contributed by atoms with Gasteiger partial charge in [0.15, 0.2) is 5.15 Å². The van der Waals surface area contributed by atoms with Gasteiger partial charge in [-0.05, 0) is 24.0 Å². The molecular formula is C17H18Cl2N4O. The van der Waals surface area contributed by atoms with Gasteiger partial charge in [-0.1, -0.05) is 55.2 Å². The van der Waals surface area contributed by atoms with Crippen molar-refractivity contribution >= 4 is 29.1 Å². The number of carbonyl (C=O) groups excluding carboxylic acids is 1. The van der Waals surface area contributed by atoms with E-state index in [9.17, 15) is 4.79 Å². The molecule has 0 saturated heterocycles. The van der Waals surface area contributed by atoms with E-state index in [0.717, 1.165) is 11.1 Å². The summed E-state index contributed by atoms with van der Waals surface area (Å²) in [5.74, 6) is 0.392. The number of aromatic amines is 1. The SMILES string of the molecule is CC(C)CC(C(=O)NCC#N)c1cccc(-c2nc(Cl)c(Cl)[nH]2)c1. The van der Waals surface area contributed by atoms with Crippen LogP contribution in [0, 0.1) is 17.2 Å². The van der Waals surface area contributed by atoms with Crippen LogP contribution in [0.15, 0.2) is 24.3 Å². The number of benzene rings is 1. The Hall–Kier alpha value is -2.03. The molecule has 1 atom stereocenters.